The van der Waals surface area contributed by atoms with E-state index < -0.39 is 5.92 Å². The summed E-state index contributed by atoms with van der Waals surface area (Å²) in [6.07, 6.45) is 1.33. The average Bonchev–Trinajstić information content (AvgIpc) is 2.07. The van der Waals surface area contributed by atoms with E-state index in [1.807, 2.05) is 0 Å². The first kappa shape index (κ1) is 8.88. The molecule has 0 heterocycles. The van der Waals surface area contributed by atoms with Crippen molar-refractivity contribution in [2.75, 3.05) is 0 Å². The largest absolute Gasteiger partial charge is 0.297 e. The molecule has 4 nitrogen and oxygen atoms in total. The summed E-state index contributed by atoms with van der Waals surface area (Å²) in [7, 11) is 0. The molecule has 0 aliphatic heterocycles. The molecular weight excluding hydrogens is 142 g/mol. The first-order valence-electron chi connectivity index (χ1n) is 2.64. The Labute approximate surface area is 63.6 Å². The van der Waals surface area contributed by atoms with E-state index in [1.54, 1.807) is 18.2 Å². The Morgan fingerprint density at radius 2 is 1.82 bits per heavy atom. The van der Waals surface area contributed by atoms with Crippen LogP contribution in [0.4, 0.5) is 0 Å². The highest BCUT2D eigenvalue weighted by Gasteiger charge is 2.02. The summed E-state index contributed by atoms with van der Waals surface area (Å²) >= 11 is 0. The summed E-state index contributed by atoms with van der Waals surface area (Å²) in [5.41, 5.74) is -0.196. The van der Waals surface area contributed by atoms with E-state index in [0.717, 1.165) is 6.08 Å². The summed E-state index contributed by atoms with van der Waals surface area (Å²) < 4.78 is 0. The maximum Gasteiger partial charge on any atom is 0.160 e. The SMILES string of the molecule is N#C/C(C=O)=C\C(C#N)C#N. The molecule has 0 aromatic heterocycles. The zero-order chi connectivity index (χ0) is 8.69. The van der Waals surface area contributed by atoms with Gasteiger partial charge in [0, 0.05) is 0 Å². The second-order valence-corrected chi connectivity index (χ2v) is 1.59. The van der Waals surface area contributed by atoms with E-state index in [-0.39, 0.29) is 5.57 Å². The van der Waals surface area contributed by atoms with Crippen molar-refractivity contribution < 1.29 is 4.79 Å². The van der Waals surface area contributed by atoms with Crippen LogP contribution < -0.4 is 0 Å². The van der Waals surface area contributed by atoms with Crippen molar-refractivity contribution in [3.05, 3.63) is 11.6 Å². The monoisotopic (exact) mass is 145 g/mol. The molecule has 0 atom stereocenters. The zero-order valence-electron chi connectivity index (χ0n) is 5.48. The standard InChI is InChI=1S/C7H3N3O/c8-2-6(3-9)1-7(4-10)5-11/h1,5-6H/b7-1+. The van der Waals surface area contributed by atoms with Crippen LogP contribution in [0.2, 0.25) is 0 Å². The lowest BCUT2D eigenvalue weighted by Gasteiger charge is -1.85. The lowest BCUT2D eigenvalue weighted by Crippen LogP contribution is -1.90. The van der Waals surface area contributed by atoms with Gasteiger partial charge in [0.25, 0.3) is 0 Å². The van der Waals surface area contributed by atoms with Gasteiger partial charge in [-0.3, -0.25) is 4.79 Å². The second-order valence-electron chi connectivity index (χ2n) is 1.59. The molecule has 0 radical (unpaired) electrons. The highest BCUT2D eigenvalue weighted by Crippen LogP contribution is 1.98. The fraction of sp³-hybridized carbons (Fsp3) is 0.143. The third kappa shape index (κ3) is 2.79. The van der Waals surface area contributed by atoms with Crippen molar-refractivity contribution in [2.45, 2.75) is 0 Å². The quantitative estimate of drug-likeness (QED) is 0.317. The summed E-state index contributed by atoms with van der Waals surface area (Å²) in [6.45, 7) is 0. The molecule has 0 N–H and O–H groups in total. The zero-order valence-corrected chi connectivity index (χ0v) is 5.48. The molecule has 0 rings (SSSR count). The molecule has 0 aromatic rings. The Balaban J connectivity index is 4.58. The van der Waals surface area contributed by atoms with Crippen molar-refractivity contribution in [1.29, 1.82) is 15.8 Å². The van der Waals surface area contributed by atoms with Crippen LogP contribution >= 0.6 is 0 Å². The Morgan fingerprint density at radius 3 is 2.09 bits per heavy atom. The minimum atomic E-state index is -1.02. The lowest BCUT2D eigenvalue weighted by atomic mass is 10.1. The number of rotatable bonds is 2. The van der Waals surface area contributed by atoms with E-state index in [9.17, 15) is 4.79 Å². The predicted molar refractivity (Wildman–Crippen MR) is 34.5 cm³/mol. The fourth-order valence-corrected chi connectivity index (χ4v) is 0.386. The number of carbonyl (C=O) groups excluding carboxylic acids is 1. The fourth-order valence-electron chi connectivity index (χ4n) is 0.386. The third-order valence-corrected chi connectivity index (χ3v) is 0.880. The molecule has 0 fully saturated rings. The van der Waals surface area contributed by atoms with E-state index in [0.29, 0.717) is 6.29 Å². The van der Waals surface area contributed by atoms with Crippen LogP contribution in [0.25, 0.3) is 0 Å². The van der Waals surface area contributed by atoms with Crippen molar-refractivity contribution in [1.82, 2.24) is 0 Å². The van der Waals surface area contributed by atoms with Gasteiger partial charge in [0.05, 0.1) is 17.7 Å². The molecule has 0 bridgehead atoms. The summed E-state index contributed by atoms with van der Waals surface area (Å²) in [5.74, 6) is -1.02. The molecule has 0 amide bonds. The molecule has 11 heavy (non-hydrogen) atoms. The third-order valence-electron chi connectivity index (χ3n) is 0.880. The first-order chi connectivity index (χ1) is 5.28. The Kier molecular flexibility index (Phi) is 3.82. The van der Waals surface area contributed by atoms with Crippen LogP contribution in [0.5, 0.6) is 0 Å². The molecule has 0 aliphatic carbocycles. The summed E-state index contributed by atoms with van der Waals surface area (Å²) in [6, 6.07) is 4.75. The van der Waals surface area contributed by atoms with Crippen molar-refractivity contribution in [3.8, 4) is 18.2 Å². The number of allylic oxidation sites excluding steroid dienone is 2. The molecule has 0 aromatic carbocycles. The van der Waals surface area contributed by atoms with Crippen molar-refractivity contribution >= 4 is 6.29 Å². The van der Waals surface area contributed by atoms with Crippen LogP contribution in [0, 0.1) is 39.9 Å². The van der Waals surface area contributed by atoms with Gasteiger partial charge in [0.2, 0.25) is 0 Å². The number of aldehydes is 1. The van der Waals surface area contributed by atoms with E-state index in [2.05, 4.69) is 0 Å². The van der Waals surface area contributed by atoms with E-state index in [4.69, 9.17) is 15.8 Å². The highest BCUT2D eigenvalue weighted by atomic mass is 16.1. The summed E-state index contributed by atoms with van der Waals surface area (Å²) in [4.78, 5) is 9.99. The van der Waals surface area contributed by atoms with Gasteiger partial charge in [-0.2, -0.15) is 15.8 Å². The number of hydrogen-bond acceptors (Lipinski definition) is 4. The minimum Gasteiger partial charge on any atom is -0.297 e. The van der Waals surface area contributed by atoms with Crippen molar-refractivity contribution in [3.63, 3.8) is 0 Å². The van der Waals surface area contributed by atoms with Gasteiger partial charge in [-0.25, -0.2) is 0 Å². The number of carbonyl (C=O) groups is 1. The van der Waals surface area contributed by atoms with Gasteiger partial charge in [-0.1, -0.05) is 0 Å². The van der Waals surface area contributed by atoms with Crippen LogP contribution in [0.3, 0.4) is 0 Å². The van der Waals surface area contributed by atoms with Gasteiger partial charge in [0.1, 0.15) is 6.07 Å². The normalized spacial score (nSPS) is 9.45. The first-order valence-corrected chi connectivity index (χ1v) is 2.64. The Bertz CT molecular complexity index is 283. The molecular formula is C7H3N3O. The van der Waals surface area contributed by atoms with Crippen molar-refractivity contribution in [2.24, 2.45) is 5.92 Å². The molecule has 0 saturated heterocycles. The van der Waals surface area contributed by atoms with Crippen LogP contribution in [0.15, 0.2) is 11.6 Å². The van der Waals surface area contributed by atoms with Gasteiger partial charge < -0.3 is 0 Å². The highest BCUT2D eigenvalue weighted by molar-refractivity contribution is 5.79. The molecule has 0 saturated carbocycles. The lowest BCUT2D eigenvalue weighted by molar-refractivity contribution is -0.104. The van der Waals surface area contributed by atoms with Gasteiger partial charge in [-0.15, -0.1) is 0 Å². The van der Waals surface area contributed by atoms with Gasteiger partial charge >= 0.3 is 0 Å². The number of nitrogens with zero attached hydrogens (tertiary/aromatic N) is 3. The molecule has 0 unspecified atom stereocenters. The molecule has 0 aliphatic rings. The average molecular weight is 145 g/mol. The maximum absolute atomic E-state index is 9.99. The van der Waals surface area contributed by atoms with Gasteiger partial charge in [-0.05, 0) is 6.08 Å². The Morgan fingerprint density at radius 1 is 1.27 bits per heavy atom. The van der Waals surface area contributed by atoms with Crippen LogP contribution in [-0.2, 0) is 4.79 Å². The number of nitriles is 3. The van der Waals surface area contributed by atoms with Gasteiger partial charge in [0.15, 0.2) is 12.2 Å². The van der Waals surface area contributed by atoms with Crippen LogP contribution in [-0.4, -0.2) is 6.29 Å². The Hall–Kier alpha value is -2.12. The minimum absolute atomic E-state index is 0.196. The van der Waals surface area contributed by atoms with E-state index >= 15 is 0 Å². The summed E-state index contributed by atoms with van der Waals surface area (Å²) in [5, 5.41) is 24.6. The predicted octanol–water partition coefficient (Wildman–Crippen LogP) is 0.299. The number of hydrogen-bond donors (Lipinski definition) is 0. The molecule has 4 heteroatoms. The molecule has 52 valence electrons. The molecule has 0 spiro atoms. The smallest absolute Gasteiger partial charge is 0.160 e. The maximum atomic E-state index is 9.99. The topological polar surface area (TPSA) is 88.4 Å². The van der Waals surface area contributed by atoms with Crippen LogP contribution in [0.1, 0.15) is 0 Å². The second kappa shape index (κ2) is 4.73. The van der Waals surface area contributed by atoms with E-state index in [1.165, 1.54) is 0 Å².